The normalized spacial score (nSPS) is 12.4. The maximum Gasteiger partial charge on any atom is 0.0295 e. The van der Waals surface area contributed by atoms with Crippen LogP contribution in [0.5, 0.6) is 0 Å². The third-order valence-corrected chi connectivity index (χ3v) is 4.49. The van der Waals surface area contributed by atoms with E-state index in [9.17, 15) is 0 Å². The van der Waals surface area contributed by atoms with Crippen molar-refractivity contribution in [3.63, 3.8) is 0 Å². The van der Waals surface area contributed by atoms with E-state index in [0.29, 0.717) is 11.8 Å². The first kappa shape index (κ1) is 14.4. The molecule has 0 heterocycles. The lowest BCUT2D eigenvalue weighted by Gasteiger charge is -2.15. The first-order valence-electron chi connectivity index (χ1n) is 5.75. The van der Waals surface area contributed by atoms with Gasteiger partial charge in [-0.05, 0) is 64.4 Å². The fourth-order valence-corrected chi connectivity index (χ4v) is 2.99. The minimum absolute atomic E-state index is 0.365. The summed E-state index contributed by atoms with van der Waals surface area (Å²) in [4.78, 5) is 0. The van der Waals surface area contributed by atoms with E-state index in [2.05, 4.69) is 81.0 Å². The van der Waals surface area contributed by atoms with Gasteiger partial charge in [0.15, 0.2) is 0 Å². The van der Waals surface area contributed by atoms with Crippen LogP contribution in [0.25, 0.3) is 0 Å². The van der Waals surface area contributed by atoms with E-state index in [1.807, 2.05) is 6.07 Å². The highest BCUT2D eigenvalue weighted by Gasteiger charge is 2.11. The molecule has 0 bridgehead atoms. The molecule has 18 heavy (non-hydrogen) atoms. The molecule has 0 saturated carbocycles. The molecule has 3 heteroatoms. The van der Waals surface area contributed by atoms with Gasteiger partial charge < -0.3 is 0 Å². The van der Waals surface area contributed by atoms with Crippen LogP contribution >= 0.6 is 50.1 Å². The smallest absolute Gasteiger partial charge is 0.0295 e. The summed E-state index contributed by atoms with van der Waals surface area (Å²) in [6.07, 6.45) is 0.983. The predicted molar refractivity (Wildman–Crippen MR) is 90.5 cm³/mol. The summed E-state index contributed by atoms with van der Waals surface area (Å²) in [7, 11) is 0. The summed E-state index contributed by atoms with van der Waals surface area (Å²) in [6.45, 7) is 0. The van der Waals surface area contributed by atoms with Crippen molar-refractivity contribution in [3.8, 4) is 0 Å². The molecule has 2 aromatic rings. The van der Waals surface area contributed by atoms with Crippen LogP contribution in [0, 0.1) is 3.57 Å². The molecule has 1 atom stereocenters. The van der Waals surface area contributed by atoms with Gasteiger partial charge in [0.05, 0.1) is 0 Å². The molecular formula is C15H13BrClI. The SMILES string of the molecule is ClCC(Cc1ccc(I)cc1)c1cccc(Br)c1. The third-order valence-electron chi connectivity index (χ3n) is 2.90. The first-order chi connectivity index (χ1) is 8.69. The molecule has 0 fully saturated rings. The molecule has 1 unspecified atom stereocenters. The zero-order chi connectivity index (χ0) is 13.0. The monoisotopic (exact) mass is 434 g/mol. The van der Waals surface area contributed by atoms with Gasteiger partial charge in [-0.2, -0.15) is 0 Å². The van der Waals surface area contributed by atoms with Crippen LogP contribution in [0.4, 0.5) is 0 Å². The summed E-state index contributed by atoms with van der Waals surface area (Å²) >= 11 is 12.0. The van der Waals surface area contributed by atoms with Crippen molar-refractivity contribution in [2.75, 3.05) is 5.88 Å². The van der Waals surface area contributed by atoms with Gasteiger partial charge in [-0.1, -0.05) is 40.2 Å². The summed E-state index contributed by atoms with van der Waals surface area (Å²) in [6, 6.07) is 17.0. The van der Waals surface area contributed by atoms with Gasteiger partial charge in [-0.25, -0.2) is 0 Å². The Kier molecular flexibility index (Phi) is 5.52. The molecule has 2 rings (SSSR count). The largest absolute Gasteiger partial charge is 0.126 e. The zero-order valence-electron chi connectivity index (χ0n) is 9.74. The van der Waals surface area contributed by atoms with Gasteiger partial charge in [-0.15, -0.1) is 11.6 Å². The van der Waals surface area contributed by atoms with Crippen molar-refractivity contribution in [3.05, 3.63) is 67.7 Å². The predicted octanol–water partition coefficient (Wildman–Crippen LogP) is 5.62. The molecule has 0 nitrogen and oxygen atoms in total. The lowest BCUT2D eigenvalue weighted by Crippen LogP contribution is -2.04. The molecule has 0 aliphatic carbocycles. The van der Waals surface area contributed by atoms with Crippen molar-refractivity contribution in [1.29, 1.82) is 0 Å². The Balaban J connectivity index is 2.17. The van der Waals surface area contributed by atoms with Crippen molar-refractivity contribution >= 4 is 50.1 Å². The van der Waals surface area contributed by atoms with Crippen molar-refractivity contribution in [1.82, 2.24) is 0 Å². The Hall–Kier alpha value is -0.0600. The molecule has 94 valence electrons. The second-order valence-electron chi connectivity index (χ2n) is 4.24. The Labute approximate surface area is 135 Å². The number of alkyl halides is 1. The highest BCUT2D eigenvalue weighted by molar-refractivity contribution is 14.1. The fourth-order valence-electron chi connectivity index (χ4n) is 1.93. The molecule has 0 aliphatic rings. The van der Waals surface area contributed by atoms with Gasteiger partial charge in [0.2, 0.25) is 0 Å². The van der Waals surface area contributed by atoms with Crippen LogP contribution in [0.1, 0.15) is 17.0 Å². The molecular weight excluding hydrogens is 422 g/mol. The van der Waals surface area contributed by atoms with E-state index in [1.54, 1.807) is 0 Å². The fraction of sp³-hybridized carbons (Fsp3) is 0.200. The van der Waals surface area contributed by atoms with Gasteiger partial charge in [0, 0.05) is 19.8 Å². The summed E-state index contributed by atoms with van der Waals surface area (Å²) in [5.41, 5.74) is 2.62. The van der Waals surface area contributed by atoms with Crippen LogP contribution in [0.2, 0.25) is 0 Å². The van der Waals surface area contributed by atoms with E-state index < -0.39 is 0 Å². The summed E-state index contributed by atoms with van der Waals surface area (Å²) < 4.78 is 2.37. The van der Waals surface area contributed by atoms with Gasteiger partial charge in [-0.3, -0.25) is 0 Å². The second kappa shape index (κ2) is 6.92. The van der Waals surface area contributed by atoms with E-state index in [0.717, 1.165) is 10.9 Å². The minimum Gasteiger partial charge on any atom is -0.126 e. The molecule has 0 aromatic heterocycles. The lowest BCUT2D eigenvalue weighted by molar-refractivity contribution is 0.765. The maximum absolute atomic E-state index is 6.12. The number of rotatable bonds is 4. The molecule has 0 N–H and O–H groups in total. The molecule has 0 radical (unpaired) electrons. The standard InChI is InChI=1S/C15H13BrClI/c16-14-3-1-2-12(9-14)13(10-17)8-11-4-6-15(18)7-5-11/h1-7,9,13H,8,10H2. The molecule has 0 aliphatic heterocycles. The van der Waals surface area contributed by atoms with Crippen molar-refractivity contribution in [2.24, 2.45) is 0 Å². The Morgan fingerprint density at radius 3 is 2.44 bits per heavy atom. The quantitative estimate of drug-likeness (QED) is 0.432. The average Bonchev–Trinajstić information content (AvgIpc) is 2.38. The lowest BCUT2D eigenvalue weighted by atomic mass is 9.94. The summed E-state index contributed by atoms with van der Waals surface area (Å²) in [5.74, 6) is 1.01. The van der Waals surface area contributed by atoms with Crippen molar-refractivity contribution in [2.45, 2.75) is 12.3 Å². The molecule has 0 saturated heterocycles. The third kappa shape index (κ3) is 3.97. The number of halogens is 3. The highest BCUT2D eigenvalue weighted by atomic mass is 127. The second-order valence-corrected chi connectivity index (χ2v) is 6.71. The Morgan fingerprint density at radius 1 is 1.11 bits per heavy atom. The molecule has 2 aromatic carbocycles. The van der Waals surface area contributed by atoms with Crippen molar-refractivity contribution < 1.29 is 0 Å². The average molecular weight is 436 g/mol. The van der Waals surface area contributed by atoms with Crippen LogP contribution in [0.15, 0.2) is 53.0 Å². The Morgan fingerprint density at radius 2 is 1.83 bits per heavy atom. The van der Waals surface area contributed by atoms with Gasteiger partial charge in [0.25, 0.3) is 0 Å². The van der Waals surface area contributed by atoms with Crippen LogP contribution in [-0.4, -0.2) is 5.88 Å². The maximum atomic E-state index is 6.12. The van der Waals surface area contributed by atoms with Gasteiger partial charge in [0.1, 0.15) is 0 Å². The molecule has 0 amide bonds. The van der Waals surface area contributed by atoms with E-state index in [-0.39, 0.29) is 0 Å². The molecule has 0 spiro atoms. The van der Waals surface area contributed by atoms with Crippen LogP contribution < -0.4 is 0 Å². The Bertz CT molecular complexity index is 510. The van der Waals surface area contributed by atoms with E-state index in [1.165, 1.54) is 14.7 Å². The van der Waals surface area contributed by atoms with E-state index in [4.69, 9.17) is 11.6 Å². The van der Waals surface area contributed by atoms with Gasteiger partial charge >= 0.3 is 0 Å². The number of benzene rings is 2. The topological polar surface area (TPSA) is 0 Å². The first-order valence-corrected chi connectivity index (χ1v) is 8.15. The summed E-state index contributed by atoms with van der Waals surface area (Å²) in [5, 5.41) is 0. The van der Waals surface area contributed by atoms with E-state index >= 15 is 0 Å². The van der Waals surface area contributed by atoms with Crippen LogP contribution in [0.3, 0.4) is 0 Å². The zero-order valence-corrected chi connectivity index (χ0v) is 14.2. The minimum atomic E-state index is 0.365. The highest BCUT2D eigenvalue weighted by Crippen LogP contribution is 2.25. The number of hydrogen-bond acceptors (Lipinski definition) is 0. The number of hydrogen-bond donors (Lipinski definition) is 0. The van der Waals surface area contributed by atoms with Crippen LogP contribution in [-0.2, 0) is 6.42 Å².